The van der Waals surface area contributed by atoms with Crippen LogP contribution in [0.15, 0.2) is 12.3 Å². The van der Waals surface area contributed by atoms with Crippen molar-refractivity contribution in [2.45, 2.75) is 25.1 Å². The lowest BCUT2D eigenvalue weighted by atomic mass is 10.2. The van der Waals surface area contributed by atoms with E-state index >= 15 is 0 Å². The molecule has 1 aliphatic rings. The fourth-order valence-corrected chi connectivity index (χ4v) is 3.09. The van der Waals surface area contributed by atoms with E-state index in [9.17, 15) is 4.39 Å². The first-order chi connectivity index (χ1) is 7.59. The molecule has 2 heterocycles. The van der Waals surface area contributed by atoms with Gasteiger partial charge in [0.2, 0.25) is 0 Å². The van der Waals surface area contributed by atoms with Gasteiger partial charge in [-0.25, -0.2) is 9.37 Å². The minimum atomic E-state index is -0.335. The summed E-state index contributed by atoms with van der Waals surface area (Å²) in [5, 5.41) is 0.832. The Labute approximate surface area is 104 Å². The first kappa shape index (κ1) is 12.0. The molecule has 1 aromatic rings. The quantitative estimate of drug-likeness (QED) is 0.771. The molecule has 1 aliphatic heterocycles. The van der Waals surface area contributed by atoms with Crippen LogP contribution in [0.1, 0.15) is 13.8 Å². The molecular weight excluding hydrogens is 247 g/mol. The molecule has 2 nitrogen and oxygen atoms in total. The Morgan fingerprint density at radius 2 is 2.31 bits per heavy atom. The van der Waals surface area contributed by atoms with Crippen LogP contribution in [-0.2, 0) is 0 Å². The molecule has 88 valence electrons. The second-order valence-corrected chi connectivity index (χ2v) is 5.89. The van der Waals surface area contributed by atoms with E-state index in [1.807, 2.05) is 16.7 Å². The van der Waals surface area contributed by atoms with Crippen LogP contribution >= 0.6 is 23.4 Å². The van der Waals surface area contributed by atoms with Crippen LogP contribution in [0.3, 0.4) is 0 Å². The standard InChI is InChI=1S/C11H14ClFN2S/c1-7-8(2)16-4-3-15(7)11-10(13)5-9(12)6-14-11/h5-8H,3-4H2,1-2H3. The Hall–Kier alpha value is -0.480. The highest BCUT2D eigenvalue weighted by atomic mass is 35.5. The Morgan fingerprint density at radius 3 is 3.00 bits per heavy atom. The van der Waals surface area contributed by atoms with Gasteiger partial charge in [-0.2, -0.15) is 11.8 Å². The van der Waals surface area contributed by atoms with E-state index in [2.05, 4.69) is 18.8 Å². The molecule has 0 saturated carbocycles. The van der Waals surface area contributed by atoms with Crippen LogP contribution in [0.5, 0.6) is 0 Å². The van der Waals surface area contributed by atoms with Crippen molar-refractivity contribution >= 4 is 29.2 Å². The van der Waals surface area contributed by atoms with Crippen LogP contribution < -0.4 is 4.90 Å². The lowest BCUT2D eigenvalue weighted by molar-refractivity contribution is 0.572. The van der Waals surface area contributed by atoms with Crippen LogP contribution in [0.2, 0.25) is 5.02 Å². The van der Waals surface area contributed by atoms with Crippen LogP contribution in [-0.4, -0.2) is 28.6 Å². The minimum Gasteiger partial charge on any atom is -0.350 e. The maximum atomic E-state index is 13.7. The normalized spacial score (nSPS) is 25.9. The molecule has 2 rings (SSSR count). The first-order valence-corrected chi connectivity index (χ1v) is 6.71. The Bertz CT molecular complexity index is 388. The lowest BCUT2D eigenvalue weighted by Gasteiger charge is -2.38. The van der Waals surface area contributed by atoms with Crippen molar-refractivity contribution in [3.05, 3.63) is 23.1 Å². The fourth-order valence-electron chi connectivity index (χ4n) is 1.85. The summed E-state index contributed by atoms with van der Waals surface area (Å²) in [6, 6.07) is 1.62. The van der Waals surface area contributed by atoms with Crippen molar-refractivity contribution in [3.63, 3.8) is 0 Å². The summed E-state index contributed by atoms with van der Waals surface area (Å²) in [5.41, 5.74) is 0. The predicted octanol–water partition coefficient (Wildman–Crippen LogP) is 3.20. The summed E-state index contributed by atoms with van der Waals surface area (Å²) >= 11 is 7.61. The first-order valence-electron chi connectivity index (χ1n) is 5.29. The highest BCUT2D eigenvalue weighted by Gasteiger charge is 2.27. The summed E-state index contributed by atoms with van der Waals surface area (Å²) in [4.78, 5) is 6.12. The van der Waals surface area contributed by atoms with Crippen molar-refractivity contribution in [3.8, 4) is 0 Å². The van der Waals surface area contributed by atoms with Gasteiger partial charge >= 0.3 is 0 Å². The third-order valence-electron chi connectivity index (χ3n) is 2.94. The summed E-state index contributed by atoms with van der Waals surface area (Å²) < 4.78 is 13.7. The van der Waals surface area contributed by atoms with E-state index < -0.39 is 0 Å². The van der Waals surface area contributed by atoms with Gasteiger partial charge in [-0.15, -0.1) is 0 Å². The molecular formula is C11H14ClFN2S. The van der Waals surface area contributed by atoms with E-state index in [0.29, 0.717) is 22.1 Å². The number of hydrogen-bond acceptors (Lipinski definition) is 3. The molecule has 5 heteroatoms. The summed E-state index contributed by atoms with van der Waals surface area (Å²) in [6.07, 6.45) is 1.50. The van der Waals surface area contributed by atoms with Crippen LogP contribution in [0.25, 0.3) is 0 Å². The zero-order valence-electron chi connectivity index (χ0n) is 9.28. The van der Waals surface area contributed by atoms with E-state index in [0.717, 1.165) is 12.3 Å². The van der Waals surface area contributed by atoms with Gasteiger partial charge in [-0.3, -0.25) is 0 Å². The monoisotopic (exact) mass is 260 g/mol. The van der Waals surface area contributed by atoms with Crippen LogP contribution in [0, 0.1) is 5.82 Å². The van der Waals surface area contributed by atoms with Gasteiger partial charge in [0.25, 0.3) is 0 Å². The van der Waals surface area contributed by atoms with Gasteiger partial charge in [0.1, 0.15) is 0 Å². The molecule has 1 fully saturated rings. The average molecular weight is 261 g/mol. The van der Waals surface area contributed by atoms with Gasteiger partial charge in [0.15, 0.2) is 11.6 Å². The number of hydrogen-bond donors (Lipinski definition) is 0. The van der Waals surface area contributed by atoms with E-state index in [1.165, 1.54) is 12.3 Å². The number of pyridine rings is 1. The Kier molecular flexibility index (Phi) is 3.60. The third-order valence-corrected chi connectivity index (χ3v) is 4.49. The summed E-state index contributed by atoms with van der Waals surface area (Å²) in [7, 11) is 0. The van der Waals surface area contributed by atoms with Gasteiger partial charge in [-0.1, -0.05) is 18.5 Å². The SMILES string of the molecule is CC1SCCN(c2ncc(Cl)cc2F)C1C. The summed E-state index contributed by atoms with van der Waals surface area (Å²) in [6.45, 7) is 5.10. The maximum absolute atomic E-state index is 13.7. The molecule has 1 saturated heterocycles. The molecule has 0 aliphatic carbocycles. The molecule has 2 atom stereocenters. The topological polar surface area (TPSA) is 16.1 Å². The van der Waals surface area contributed by atoms with Crippen molar-refractivity contribution in [1.82, 2.24) is 4.98 Å². The molecule has 0 N–H and O–H groups in total. The van der Waals surface area contributed by atoms with Gasteiger partial charge in [0, 0.05) is 29.8 Å². The molecule has 1 aromatic heterocycles. The number of nitrogens with zero attached hydrogens (tertiary/aromatic N) is 2. The number of halogens is 2. The molecule has 16 heavy (non-hydrogen) atoms. The number of aromatic nitrogens is 1. The van der Waals surface area contributed by atoms with E-state index in [-0.39, 0.29) is 5.82 Å². The number of thioether (sulfide) groups is 1. The maximum Gasteiger partial charge on any atom is 0.167 e. The number of anilines is 1. The lowest BCUT2D eigenvalue weighted by Crippen LogP contribution is -2.45. The molecule has 0 amide bonds. The molecule has 0 radical (unpaired) electrons. The molecule has 0 bridgehead atoms. The van der Waals surface area contributed by atoms with E-state index in [4.69, 9.17) is 11.6 Å². The highest BCUT2D eigenvalue weighted by molar-refractivity contribution is 8.00. The largest absolute Gasteiger partial charge is 0.350 e. The van der Waals surface area contributed by atoms with Gasteiger partial charge in [0.05, 0.1) is 5.02 Å². The number of rotatable bonds is 1. The van der Waals surface area contributed by atoms with Crippen molar-refractivity contribution in [1.29, 1.82) is 0 Å². The zero-order chi connectivity index (χ0) is 11.7. The Balaban J connectivity index is 2.29. The van der Waals surface area contributed by atoms with Crippen molar-refractivity contribution in [2.24, 2.45) is 0 Å². The summed E-state index contributed by atoms with van der Waals surface area (Å²) in [5.74, 6) is 1.09. The highest BCUT2D eigenvalue weighted by Crippen LogP contribution is 2.29. The second kappa shape index (κ2) is 4.80. The van der Waals surface area contributed by atoms with Crippen molar-refractivity contribution < 1.29 is 4.39 Å². The van der Waals surface area contributed by atoms with E-state index in [1.54, 1.807) is 0 Å². The predicted molar refractivity (Wildman–Crippen MR) is 67.9 cm³/mol. The third kappa shape index (κ3) is 2.28. The Morgan fingerprint density at radius 1 is 1.56 bits per heavy atom. The fraction of sp³-hybridized carbons (Fsp3) is 0.545. The zero-order valence-corrected chi connectivity index (χ0v) is 10.9. The van der Waals surface area contributed by atoms with Crippen molar-refractivity contribution in [2.75, 3.05) is 17.2 Å². The van der Waals surface area contributed by atoms with Gasteiger partial charge in [-0.05, 0) is 13.0 Å². The molecule has 2 unspecified atom stereocenters. The molecule has 0 aromatic carbocycles. The van der Waals surface area contributed by atoms with Gasteiger partial charge < -0.3 is 4.90 Å². The molecule has 0 spiro atoms. The smallest absolute Gasteiger partial charge is 0.167 e. The van der Waals surface area contributed by atoms with Crippen LogP contribution in [0.4, 0.5) is 10.2 Å². The second-order valence-electron chi connectivity index (χ2n) is 3.97. The average Bonchev–Trinajstić information content (AvgIpc) is 2.23. The minimum absolute atomic E-state index is 0.293.